The maximum atomic E-state index is 9.32. The number of rotatable bonds is 7. The first-order valence-corrected chi connectivity index (χ1v) is 9.42. The van der Waals surface area contributed by atoms with Crippen molar-refractivity contribution in [2.45, 2.75) is 51.1 Å². The Hall–Kier alpha value is -0.870. The van der Waals surface area contributed by atoms with Crippen LogP contribution in [0.4, 0.5) is 0 Å². The number of aliphatic hydroxyl groups is 1. The summed E-state index contributed by atoms with van der Waals surface area (Å²) >= 11 is 0. The number of ether oxygens (including phenoxy) is 1. The molecule has 26 heavy (non-hydrogen) atoms. The lowest BCUT2D eigenvalue weighted by Crippen LogP contribution is -2.44. The predicted octanol–water partition coefficient (Wildman–Crippen LogP) is 2.07. The van der Waals surface area contributed by atoms with Crippen molar-refractivity contribution in [3.63, 3.8) is 0 Å². The van der Waals surface area contributed by atoms with Gasteiger partial charge < -0.3 is 20.5 Å². The zero-order valence-corrected chi connectivity index (χ0v) is 17.9. The van der Waals surface area contributed by atoms with Gasteiger partial charge in [-0.25, -0.2) is 0 Å². The SMILES string of the molecule is CN=C(NCc1ccn(C2CCCC2)n1)NCC1(CCO)CCOC1.I. The number of aromatic nitrogens is 2. The molecule has 7 nitrogen and oxygen atoms in total. The minimum atomic E-state index is 0. The van der Waals surface area contributed by atoms with Crippen LogP contribution in [-0.2, 0) is 11.3 Å². The monoisotopic (exact) mass is 477 g/mol. The molecule has 1 saturated heterocycles. The molecule has 1 aromatic heterocycles. The Morgan fingerprint density at radius 3 is 2.88 bits per heavy atom. The Labute approximate surface area is 173 Å². The highest BCUT2D eigenvalue weighted by atomic mass is 127. The molecule has 3 rings (SSSR count). The van der Waals surface area contributed by atoms with Gasteiger partial charge >= 0.3 is 0 Å². The fourth-order valence-electron chi connectivity index (χ4n) is 3.82. The lowest BCUT2D eigenvalue weighted by atomic mass is 9.84. The fraction of sp³-hybridized carbons (Fsp3) is 0.778. The van der Waals surface area contributed by atoms with Gasteiger partial charge in [0.15, 0.2) is 5.96 Å². The minimum Gasteiger partial charge on any atom is -0.396 e. The predicted molar refractivity (Wildman–Crippen MR) is 113 cm³/mol. The Morgan fingerprint density at radius 2 is 2.23 bits per heavy atom. The molecule has 2 heterocycles. The van der Waals surface area contributed by atoms with Gasteiger partial charge in [-0.1, -0.05) is 12.8 Å². The molecule has 2 aliphatic rings. The number of hydrogen-bond donors (Lipinski definition) is 3. The van der Waals surface area contributed by atoms with E-state index in [4.69, 9.17) is 9.84 Å². The largest absolute Gasteiger partial charge is 0.396 e. The Bertz CT molecular complexity index is 566. The average Bonchev–Trinajstić information content (AvgIpc) is 3.37. The molecule has 0 aromatic carbocycles. The molecule has 0 radical (unpaired) electrons. The van der Waals surface area contributed by atoms with Crippen molar-refractivity contribution in [3.05, 3.63) is 18.0 Å². The van der Waals surface area contributed by atoms with Crippen LogP contribution in [0.15, 0.2) is 17.3 Å². The second-order valence-corrected chi connectivity index (χ2v) is 7.28. The molecule has 0 amide bonds. The summed E-state index contributed by atoms with van der Waals surface area (Å²) in [4.78, 5) is 4.30. The highest BCUT2D eigenvalue weighted by molar-refractivity contribution is 14.0. The summed E-state index contributed by atoms with van der Waals surface area (Å²) in [7, 11) is 1.77. The molecule has 1 atom stereocenters. The summed E-state index contributed by atoms with van der Waals surface area (Å²) in [5, 5.41) is 20.7. The standard InChI is InChI=1S/C18H31N5O2.HI/c1-19-17(21-13-18(7-10-24)8-11-25-14-18)20-12-15-6-9-23(22-15)16-4-2-3-5-16;/h6,9,16,24H,2-5,7-8,10-14H2,1H3,(H2,19,20,21);1H. The zero-order valence-electron chi connectivity index (χ0n) is 15.6. The summed E-state index contributed by atoms with van der Waals surface area (Å²) < 4.78 is 7.65. The van der Waals surface area contributed by atoms with Crippen LogP contribution in [0.1, 0.15) is 50.3 Å². The first-order valence-electron chi connectivity index (χ1n) is 9.42. The number of nitrogens with zero attached hydrogens (tertiary/aromatic N) is 3. The minimum absolute atomic E-state index is 0. The highest BCUT2D eigenvalue weighted by Gasteiger charge is 2.34. The maximum absolute atomic E-state index is 9.32. The van der Waals surface area contributed by atoms with Gasteiger partial charge in [0.05, 0.1) is 24.9 Å². The van der Waals surface area contributed by atoms with Gasteiger partial charge in [-0.05, 0) is 31.7 Å². The van der Waals surface area contributed by atoms with Crippen LogP contribution < -0.4 is 10.6 Å². The lowest BCUT2D eigenvalue weighted by Gasteiger charge is -2.27. The van der Waals surface area contributed by atoms with E-state index in [1.807, 2.05) is 0 Å². The summed E-state index contributed by atoms with van der Waals surface area (Å²) in [5.41, 5.74) is 1.04. The third kappa shape index (κ3) is 5.56. The van der Waals surface area contributed by atoms with Gasteiger partial charge in [0, 0.05) is 38.4 Å². The van der Waals surface area contributed by atoms with E-state index in [-0.39, 0.29) is 36.0 Å². The van der Waals surface area contributed by atoms with Crippen molar-refractivity contribution in [2.24, 2.45) is 10.4 Å². The quantitative estimate of drug-likeness (QED) is 0.318. The van der Waals surface area contributed by atoms with Gasteiger partial charge in [-0.3, -0.25) is 9.67 Å². The molecule has 8 heteroatoms. The van der Waals surface area contributed by atoms with Crippen molar-refractivity contribution in [1.29, 1.82) is 0 Å². The second-order valence-electron chi connectivity index (χ2n) is 7.28. The molecule has 2 fully saturated rings. The number of aliphatic imine (C=N–C) groups is 1. The maximum Gasteiger partial charge on any atom is 0.191 e. The summed E-state index contributed by atoms with van der Waals surface area (Å²) in [6.45, 7) is 3.07. The van der Waals surface area contributed by atoms with Crippen molar-refractivity contribution in [1.82, 2.24) is 20.4 Å². The van der Waals surface area contributed by atoms with Crippen LogP contribution in [0.5, 0.6) is 0 Å². The molecule has 1 aliphatic carbocycles. The molecule has 1 unspecified atom stereocenters. The number of halogens is 1. The van der Waals surface area contributed by atoms with Crippen LogP contribution in [0.25, 0.3) is 0 Å². The van der Waals surface area contributed by atoms with E-state index < -0.39 is 0 Å². The third-order valence-electron chi connectivity index (χ3n) is 5.48. The van der Waals surface area contributed by atoms with Gasteiger partial charge in [0.1, 0.15) is 0 Å². The zero-order chi connectivity index (χ0) is 17.5. The topological polar surface area (TPSA) is 83.7 Å². The highest BCUT2D eigenvalue weighted by Crippen LogP contribution is 2.31. The van der Waals surface area contributed by atoms with E-state index in [0.717, 1.165) is 37.6 Å². The van der Waals surface area contributed by atoms with Gasteiger partial charge in [-0.2, -0.15) is 5.10 Å². The van der Waals surface area contributed by atoms with Crippen molar-refractivity contribution < 1.29 is 9.84 Å². The first kappa shape index (κ1) is 21.4. The molecule has 148 valence electrons. The van der Waals surface area contributed by atoms with Crippen LogP contribution >= 0.6 is 24.0 Å². The molecule has 1 aromatic rings. The van der Waals surface area contributed by atoms with Gasteiger partial charge in [0.2, 0.25) is 0 Å². The summed E-state index contributed by atoms with van der Waals surface area (Å²) in [5.74, 6) is 0.764. The van der Waals surface area contributed by atoms with E-state index in [0.29, 0.717) is 19.2 Å². The van der Waals surface area contributed by atoms with Gasteiger partial charge in [-0.15, -0.1) is 24.0 Å². The van der Waals surface area contributed by atoms with E-state index in [1.165, 1.54) is 25.7 Å². The lowest BCUT2D eigenvalue weighted by molar-refractivity contribution is 0.127. The van der Waals surface area contributed by atoms with Crippen LogP contribution in [-0.4, -0.2) is 54.3 Å². The average molecular weight is 477 g/mol. The number of aliphatic hydroxyl groups excluding tert-OH is 1. The number of guanidine groups is 1. The van der Waals surface area contributed by atoms with E-state index in [9.17, 15) is 5.11 Å². The van der Waals surface area contributed by atoms with E-state index in [1.54, 1.807) is 7.05 Å². The molecule has 0 bridgehead atoms. The van der Waals surface area contributed by atoms with Crippen LogP contribution in [0.2, 0.25) is 0 Å². The van der Waals surface area contributed by atoms with Crippen molar-refractivity contribution in [3.8, 4) is 0 Å². The first-order chi connectivity index (χ1) is 12.2. The Kier molecular flexibility index (Phi) is 8.62. The number of hydrogen-bond acceptors (Lipinski definition) is 4. The smallest absolute Gasteiger partial charge is 0.191 e. The molecule has 3 N–H and O–H groups in total. The van der Waals surface area contributed by atoms with Gasteiger partial charge in [0.25, 0.3) is 0 Å². The van der Waals surface area contributed by atoms with Crippen molar-refractivity contribution >= 4 is 29.9 Å². The Morgan fingerprint density at radius 1 is 1.42 bits per heavy atom. The normalized spacial score (nSPS) is 23.8. The fourth-order valence-corrected chi connectivity index (χ4v) is 3.82. The molecule has 0 spiro atoms. The summed E-state index contributed by atoms with van der Waals surface area (Å²) in [6.07, 6.45) is 8.93. The van der Waals surface area contributed by atoms with E-state index in [2.05, 4.69) is 32.6 Å². The van der Waals surface area contributed by atoms with Crippen LogP contribution in [0, 0.1) is 5.41 Å². The summed E-state index contributed by atoms with van der Waals surface area (Å²) in [6, 6.07) is 2.66. The second kappa shape index (κ2) is 10.5. The molecule has 1 saturated carbocycles. The molecular formula is C18H32IN5O2. The number of nitrogens with one attached hydrogen (secondary N) is 2. The van der Waals surface area contributed by atoms with Crippen LogP contribution in [0.3, 0.4) is 0 Å². The third-order valence-corrected chi connectivity index (χ3v) is 5.48. The van der Waals surface area contributed by atoms with Crippen molar-refractivity contribution in [2.75, 3.05) is 33.4 Å². The molecule has 1 aliphatic heterocycles. The molecular weight excluding hydrogens is 445 g/mol. The van der Waals surface area contributed by atoms with E-state index >= 15 is 0 Å². The Balaban J connectivity index is 0.00000243.